The van der Waals surface area contributed by atoms with E-state index in [1.807, 2.05) is 48.5 Å². The van der Waals surface area contributed by atoms with Crippen LogP contribution < -0.4 is 5.32 Å². The maximum Gasteiger partial charge on any atom is 0.325 e. The number of carbonyl (C=O) groups excluding carboxylic acids is 1. The molecule has 3 aromatic rings. The highest BCUT2D eigenvalue weighted by Crippen LogP contribution is 2.29. The zero-order valence-electron chi connectivity index (χ0n) is 16.4. The smallest absolute Gasteiger partial charge is 0.325 e. The summed E-state index contributed by atoms with van der Waals surface area (Å²) in [5.41, 5.74) is 3.92. The van der Waals surface area contributed by atoms with Gasteiger partial charge in [-0.3, -0.25) is 9.59 Å². The van der Waals surface area contributed by atoms with Crippen molar-refractivity contribution < 1.29 is 14.7 Å². The van der Waals surface area contributed by atoms with Gasteiger partial charge < -0.3 is 10.4 Å². The Morgan fingerprint density at radius 1 is 0.828 bits per heavy atom. The van der Waals surface area contributed by atoms with Crippen molar-refractivity contribution in [3.05, 3.63) is 107 Å². The predicted molar refractivity (Wildman–Crippen MR) is 114 cm³/mol. The number of rotatable bonds is 8. The first-order chi connectivity index (χ1) is 14.1. The van der Waals surface area contributed by atoms with Gasteiger partial charge in [-0.15, -0.1) is 0 Å². The Morgan fingerprint density at radius 3 is 1.90 bits per heavy atom. The maximum absolute atomic E-state index is 12.6. The van der Waals surface area contributed by atoms with Crippen molar-refractivity contribution in [3.8, 4) is 0 Å². The molecule has 0 spiro atoms. The highest BCUT2D eigenvalue weighted by Gasteiger charge is 2.19. The summed E-state index contributed by atoms with van der Waals surface area (Å²) in [4.78, 5) is 23.7. The van der Waals surface area contributed by atoms with Crippen LogP contribution in [0.25, 0.3) is 0 Å². The minimum atomic E-state index is -1.05. The molecule has 0 aliphatic rings. The first-order valence-electron chi connectivity index (χ1n) is 9.77. The van der Waals surface area contributed by atoms with E-state index in [0.29, 0.717) is 12.0 Å². The van der Waals surface area contributed by atoms with Gasteiger partial charge in [-0.05, 0) is 42.5 Å². The Hall–Kier alpha value is -3.40. The number of amides is 1. The lowest BCUT2D eigenvalue weighted by Gasteiger charge is -2.19. The van der Waals surface area contributed by atoms with Crippen LogP contribution >= 0.6 is 0 Å². The molecule has 0 saturated heterocycles. The highest BCUT2D eigenvalue weighted by molar-refractivity contribution is 5.97. The van der Waals surface area contributed by atoms with Gasteiger partial charge in [0.25, 0.3) is 5.91 Å². The van der Waals surface area contributed by atoms with E-state index < -0.39 is 12.0 Å². The van der Waals surface area contributed by atoms with Crippen molar-refractivity contribution in [1.82, 2.24) is 5.32 Å². The molecular formula is C25H25NO3. The molecule has 3 aromatic carbocycles. The lowest BCUT2D eigenvalue weighted by atomic mass is 9.85. The van der Waals surface area contributed by atoms with Crippen molar-refractivity contribution in [2.24, 2.45) is 0 Å². The van der Waals surface area contributed by atoms with Crippen molar-refractivity contribution in [2.45, 2.75) is 31.7 Å². The lowest BCUT2D eigenvalue weighted by molar-refractivity contribution is -0.138. The Balaban J connectivity index is 1.82. The molecule has 1 atom stereocenters. The zero-order valence-corrected chi connectivity index (χ0v) is 16.4. The van der Waals surface area contributed by atoms with Gasteiger partial charge in [0.2, 0.25) is 0 Å². The second-order valence-electron chi connectivity index (χ2n) is 7.10. The summed E-state index contributed by atoms with van der Waals surface area (Å²) in [6.45, 7) is 1.46. The topological polar surface area (TPSA) is 66.4 Å². The van der Waals surface area contributed by atoms with E-state index in [9.17, 15) is 9.59 Å². The standard InChI is InChI=1S/C25H25NO3/c1-18(25(28)29)26-24(27)23-15-9-8-14-21(23)16-17-22(19-10-4-2-5-11-19)20-12-6-3-7-13-20/h2-15,18,22H,16-17H2,1H3,(H,26,27)(H,28,29). The first kappa shape index (κ1) is 20.3. The van der Waals surface area contributed by atoms with E-state index in [2.05, 4.69) is 29.6 Å². The van der Waals surface area contributed by atoms with Crippen LogP contribution in [-0.4, -0.2) is 23.0 Å². The molecule has 3 rings (SSSR count). The van der Waals surface area contributed by atoms with Gasteiger partial charge in [-0.2, -0.15) is 0 Å². The summed E-state index contributed by atoms with van der Waals surface area (Å²) < 4.78 is 0. The molecule has 0 heterocycles. The number of aryl methyl sites for hydroxylation is 1. The summed E-state index contributed by atoms with van der Waals surface area (Å²) in [6.07, 6.45) is 1.55. The van der Waals surface area contributed by atoms with Gasteiger partial charge >= 0.3 is 5.97 Å². The van der Waals surface area contributed by atoms with Gasteiger partial charge in [0.1, 0.15) is 6.04 Å². The fourth-order valence-corrected chi connectivity index (χ4v) is 3.49. The summed E-state index contributed by atoms with van der Waals surface area (Å²) in [6, 6.07) is 27.2. The molecule has 0 aliphatic carbocycles. The minimum Gasteiger partial charge on any atom is -0.480 e. The zero-order chi connectivity index (χ0) is 20.6. The van der Waals surface area contributed by atoms with Gasteiger partial charge in [0.15, 0.2) is 0 Å². The van der Waals surface area contributed by atoms with E-state index in [-0.39, 0.29) is 11.8 Å². The molecule has 2 N–H and O–H groups in total. The second-order valence-corrected chi connectivity index (χ2v) is 7.10. The Labute approximate surface area is 171 Å². The maximum atomic E-state index is 12.6. The predicted octanol–water partition coefficient (Wildman–Crippen LogP) is 4.65. The molecule has 1 amide bonds. The number of carboxylic acid groups (broad SMARTS) is 1. The monoisotopic (exact) mass is 387 g/mol. The SMILES string of the molecule is CC(NC(=O)c1ccccc1CCC(c1ccccc1)c1ccccc1)C(=O)O. The number of carboxylic acids is 1. The third kappa shape index (κ3) is 5.32. The van der Waals surface area contributed by atoms with Crippen LogP contribution in [-0.2, 0) is 11.2 Å². The third-order valence-electron chi connectivity index (χ3n) is 5.09. The molecule has 0 fully saturated rings. The van der Waals surface area contributed by atoms with Gasteiger partial charge in [0, 0.05) is 11.5 Å². The third-order valence-corrected chi connectivity index (χ3v) is 5.09. The molecule has 0 bridgehead atoms. The van der Waals surface area contributed by atoms with Crippen LogP contribution in [0.5, 0.6) is 0 Å². The summed E-state index contributed by atoms with van der Waals surface area (Å²) in [5, 5.41) is 11.6. The molecule has 0 radical (unpaired) electrons. The van der Waals surface area contributed by atoms with E-state index in [1.54, 1.807) is 12.1 Å². The molecule has 0 aliphatic heterocycles. The average molecular weight is 387 g/mol. The van der Waals surface area contributed by atoms with Crippen LogP contribution in [0.15, 0.2) is 84.9 Å². The molecule has 0 saturated carbocycles. The number of carbonyl (C=O) groups is 2. The molecular weight excluding hydrogens is 362 g/mol. The first-order valence-corrected chi connectivity index (χ1v) is 9.77. The van der Waals surface area contributed by atoms with Gasteiger partial charge in [-0.1, -0.05) is 78.9 Å². The summed E-state index contributed by atoms with van der Waals surface area (Å²) in [7, 11) is 0. The van der Waals surface area contributed by atoms with E-state index in [1.165, 1.54) is 18.1 Å². The fourth-order valence-electron chi connectivity index (χ4n) is 3.49. The van der Waals surface area contributed by atoms with Crippen molar-refractivity contribution in [2.75, 3.05) is 0 Å². The minimum absolute atomic E-state index is 0.214. The molecule has 0 aromatic heterocycles. The number of hydrogen-bond donors (Lipinski definition) is 2. The average Bonchev–Trinajstić information content (AvgIpc) is 2.75. The quantitative estimate of drug-likeness (QED) is 0.591. The van der Waals surface area contributed by atoms with Crippen molar-refractivity contribution in [1.29, 1.82) is 0 Å². The number of benzene rings is 3. The summed E-state index contributed by atoms with van der Waals surface area (Å²) >= 11 is 0. The van der Waals surface area contributed by atoms with E-state index in [4.69, 9.17) is 5.11 Å². The Bertz CT molecular complexity index is 915. The highest BCUT2D eigenvalue weighted by atomic mass is 16.4. The largest absolute Gasteiger partial charge is 0.480 e. The Morgan fingerprint density at radius 2 is 1.34 bits per heavy atom. The van der Waals surface area contributed by atoms with Crippen LogP contribution in [0.3, 0.4) is 0 Å². The number of hydrogen-bond acceptors (Lipinski definition) is 2. The number of aliphatic carboxylic acids is 1. The van der Waals surface area contributed by atoms with E-state index >= 15 is 0 Å². The van der Waals surface area contributed by atoms with Crippen LogP contribution in [0.2, 0.25) is 0 Å². The van der Waals surface area contributed by atoms with E-state index in [0.717, 1.165) is 12.0 Å². The fraction of sp³-hybridized carbons (Fsp3) is 0.200. The van der Waals surface area contributed by atoms with Crippen molar-refractivity contribution >= 4 is 11.9 Å². The van der Waals surface area contributed by atoms with Crippen molar-refractivity contribution in [3.63, 3.8) is 0 Å². The van der Waals surface area contributed by atoms with Gasteiger partial charge in [-0.25, -0.2) is 0 Å². The second kappa shape index (κ2) is 9.69. The molecule has 148 valence electrons. The Kier molecular flexibility index (Phi) is 6.80. The van der Waals surface area contributed by atoms with Gasteiger partial charge in [0.05, 0.1) is 0 Å². The van der Waals surface area contributed by atoms with Crippen LogP contribution in [0.4, 0.5) is 0 Å². The lowest BCUT2D eigenvalue weighted by Crippen LogP contribution is -2.38. The molecule has 1 unspecified atom stereocenters. The molecule has 29 heavy (non-hydrogen) atoms. The molecule has 4 heteroatoms. The molecule has 4 nitrogen and oxygen atoms in total. The number of nitrogens with one attached hydrogen (secondary N) is 1. The summed E-state index contributed by atoms with van der Waals surface area (Å²) in [5.74, 6) is -1.19. The van der Waals surface area contributed by atoms with Crippen LogP contribution in [0, 0.1) is 0 Å². The normalized spacial score (nSPS) is 11.8. The van der Waals surface area contributed by atoms with Crippen LogP contribution in [0.1, 0.15) is 46.3 Å².